The molecule has 0 aliphatic heterocycles. The van der Waals surface area contributed by atoms with Gasteiger partial charge in [0.05, 0.1) is 18.9 Å². The van der Waals surface area contributed by atoms with Gasteiger partial charge in [-0.05, 0) is 36.8 Å². The minimum Gasteiger partial charge on any atom is -0.497 e. The van der Waals surface area contributed by atoms with E-state index in [1.807, 2.05) is 73.1 Å². The van der Waals surface area contributed by atoms with Crippen molar-refractivity contribution in [3.05, 3.63) is 72.8 Å². The smallest absolute Gasteiger partial charge is 0.233 e. The molecular weight excluding hydrogens is 396 g/mol. The fraction of sp³-hybridized carbons (Fsp3) is 0.261. The minimum absolute atomic E-state index is 0.000190. The molecule has 0 unspecified atom stereocenters. The van der Waals surface area contributed by atoms with Crippen molar-refractivity contribution in [2.24, 2.45) is 0 Å². The summed E-state index contributed by atoms with van der Waals surface area (Å²) >= 11 is 1.38. The van der Waals surface area contributed by atoms with Crippen LogP contribution in [0.1, 0.15) is 18.5 Å². The minimum atomic E-state index is 0.000190. The van der Waals surface area contributed by atoms with Crippen molar-refractivity contribution in [3.8, 4) is 17.1 Å². The lowest BCUT2D eigenvalue weighted by Gasteiger charge is -2.25. The first-order valence-corrected chi connectivity index (χ1v) is 10.7. The van der Waals surface area contributed by atoms with Gasteiger partial charge in [-0.2, -0.15) is 0 Å². The Labute approximate surface area is 181 Å². The average molecular weight is 423 g/mol. The molecule has 0 saturated carbocycles. The molecule has 0 aliphatic rings. The van der Waals surface area contributed by atoms with Crippen LogP contribution in [-0.2, 0) is 11.3 Å². The molecule has 3 rings (SSSR count). The molecule has 156 valence electrons. The molecule has 30 heavy (non-hydrogen) atoms. The van der Waals surface area contributed by atoms with Crippen LogP contribution in [0.5, 0.6) is 5.75 Å². The van der Waals surface area contributed by atoms with Gasteiger partial charge < -0.3 is 9.64 Å². The number of amides is 1. The molecule has 0 spiro atoms. The number of methoxy groups -OCH3 is 1. The van der Waals surface area contributed by atoms with E-state index < -0.39 is 0 Å². The Bertz CT molecular complexity index is 986. The quantitative estimate of drug-likeness (QED) is 0.377. The number of nitrogens with zero attached hydrogens (tertiary/aromatic N) is 4. The SMILES string of the molecule is C=CCn1c(SCC(=O)N(C)[C@@H](C)c2ccccc2)nnc1-c1ccc(OC)cc1. The Hall–Kier alpha value is -3.06. The lowest BCUT2D eigenvalue weighted by Crippen LogP contribution is -2.31. The van der Waals surface area contributed by atoms with Crippen molar-refractivity contribution in [1.82, 2.24) is 19.7 Å². The third kappa shape index (κ3) is 4.91. The topological polar surface area (TPSA) is 60.2 Å². The summed E-state index contributed by atoms with van der Waals surface area (Å²) in [6, 6.07) is 17.7. The summed E-state index contributed by atoms with van der Waals surface area (Å²) in [5.74, 6) is 1.84. The van der Waals surface area contributed by atoms with Gasteiger partial charge in [0, 0.05) is 19.2 Å². The van der Waals surface area contributed by atoms with Crippen molar-refractivity contribution in [2.45, 2.75) is 24.7 Å². The average Bonchev–Trinajstić information content (AvgIpc) is 3.19. The van der Waals surface area contributed by atoms with E-state index in [9.17, 15) is 4.79 Å². The molecule has 1 heterocycles. The number of hydrogen-bond donors (Lipinski definition) is 0. The summed E-state index contributed by atoms with van der Waals surface area (Å²) in [5.41, 5.74) is 2.04. The van der Waals surface area contributed by atoms with Gasteiger partial charge in [-0.25, -0.2) is 0 Å². The van der Waals surface area contributed by atoms with Crippen LogP contribution >= 0.6 is 11.8 Å². The van der Waals surface area contributed by atoms with Crippen molar-refractivity contribution in [1.29, 1.82) is 0 Å². The van der Waals surface area contributed by atoms with Gasteiger partial charge in [0.25, 0.3) is 0 Å². The molecule has 0 bridgehead atoms. The van der Waals surface area contributed by atoms with Gasteiger partial charge in [-0.3, -0.25) is 9.36 Å². The highest BCUT2D eigenvalue weighted by Gasteiger charge is 2.20. The molecule has 2 aromatic carbocycles. The highest BCUT2D eigenvalue weighted by atomic mass is 32.2. The molecule has 0 saturated heterocycles. The van der Waals surface area contributed by atoms with Crippen LogP contribution in [0.15, 0.2) is 72.4 Å². The maximum absolute atomic E-state index is 12.8. The molecule has 1 atom stereocenters. The Balaban J connectivity index is 1.72. The summed E-state index contributed by atoms with van der Waals surface area (Å²) in [6.07, 6.45) is 1.80. The monoisotopic (exact) mass is 422 g/mol. The number of aromatic nitrogens is 3. The van der Waals surface area contributed by atoms with Crippen LogP contribution in [0, 0.1) is 0 Å². The van der Waals surface area contributed by atoms with Gasteiger partial charge >= 0.3 is 0 Å². The van der Waals surface area contributed by atoms with E-state index in [-0.39, 0.29) is 17.7 Å². The molecule has 0 radical (unpaired) electrons. The molecule has 3 aromatic rings. The number of thioether (sulfide) groups is 1. The Kier molecular flexibility index (Phi) is 7.30. The first kappa shape index (κ1) is 21.6. The second kappa shape index (κ2) is 10.1. The Morgan fingerprint density at radius 1 is 1.20 bits per heavy atom. The van der Waals surface area contributed by atoms with Crippen LogP contribution in [-0.4, -0.2) is 45.5 Å². The van der Waals surface area contributed by atoms with Crippen molar-refractivity contribution in [3.63, 3.8) is 0 Å². The largest absolute Gasteiger partial charge is 0.497 e. The number of hydrogen-bond acceptors (Lipinski definition) is 5. The maximum atomic E-state index is 12.8. The number of rotatable bonds is 9. The fourth-order valence-electron chi connectivity index (χ4n) is 3.04. The van der Waals surface area contributed by atoms with E-state index >= 15 is 0 Å². The van der Waals surface area contributed by atoms with E-state index in [2.05, 4.69) is 16.8 Å². The first-order chi connectivity index (χ1) is 14.5. The van der Waals surface area contributed by atoms with E-state index in [1.54, 1.807) is 18.1 Å². The van der Waals surface area contributed by atoms with Crippen molar-refractivity contribution in [2.75, 3.05) is 19.9 Å². The molecule has 1 amide bonds. The second-order valence-electron chi connectivity index (χ2n) is 6.81. The molecule has 6 nitrogen and oxygen atoms in total. The highest BCUT2D eigenvalue weighted by molar-refractivity contribution is 7.99. The van der Waals surface area contributed by atoms with Crippen molar-refractivity contribution >= 4 is 17.7 Å². The molecular formula is C23H26N4O2S. The van der Waals surface area contributed by atoms with E-state index in [4.69, 9.17) is 4.74 Å². The predicted molar refractivity (Wildman–Crippen MR) is 121 cm³/mol. The van der Waals surface area contributed by atoms with Gasteiger partial charge in [-0.1, -0.05) is 48.2 Å². The van der Waals surface area contributed by atoms with Crippen LogP contribution in [0.25, 0.3) is 11.4 Å². The predicted octanol–water partition coefficient (Wildman–Crippen LogP) is 4.45. The number of allylic oxidation sites excluding steroid dienone is 1. The van der Waals surface area contributed by atoms with Crippen LogP contribution in [0.4, 0.5) is 0 Å². The fourth-order valence-corrected chi connectivity index (χ4v) is 3.91. The maximum Gasteiger partial charge on any atom is 0.233 e. The zero-order valence-electron chi connectivity index (χ0n) is 17.5. The second-order valence-corrected chi connectivity index (χ2v) is 7.76. The summed E-state index contributed by atoms with van der Waals surface area (Å²) < 4.78 is 7.19. The molecule has 1 aromatic heterocycles. The first-order valence-electron chi connectivity index (χ1n) is 9.67. The zero-order chi connectivity index (χ0) is 21.5. The standard InChI is InChI=1S/C23H26N4O2S/c1-5-15-27-22(19-11-13-20(29-4)14-12-19)24-25-23(27)30-16-21(28)26(3)17(2)18-9-7-6-8-10-18/h5-14,17H,1,15-16H2,2-4H3/t17-/m0/s1. The summed E-state index contributed by atoms with van der Waals surface area (Å²) in [5, 5.41) is 9.35. The van der Waals surface area contributed by atoms with Crippen molar-refractivity contribution < 1.29 is 9.53 Å². The third-order valence-corrected chi connectivity index (χ3v) is 5.91. The number of carbonyl (C=O) groups is 1. The normalized spacial score (nSPS) is 11.7. The molecule has 7 heteroatoms. The lowest BCUT2D eigenvalue weighted by atomic mass is 10.1. The van der Waals surface area contributed by atoms with E-state index in [0.717, 1.165) is 22.7 Å². The van der Waals surface area contributed by atoms with E-state index in [1.165, 1.54) is 11.8 Å². The molecule has 0 fully saturated rings. The van der Waals surface area contributed by atoms with Crippen LogP contribution in [0.2, 0.25) is 0 Å². The molecule has 0 N–H and O–H groups in total. The lowest BCUT2D eigenvalue weighted by molar-refractivity contribution is -0.128. The summed E-state index contributed by atoms with van der Waals surface area (Å²) in [4.78, 5) is 14.5. The number of benzene rings is 2. The molecule has 0 aliphatic carbocycles. The van der Waals surface area contributed by atoms with Gasteiger partial charge in [0.15, 0.2) is 11.0 Å². The van der Waals surface area contributed by atoms with E-state index in [0.29, 0.717) is 11.7 Å². The third-order valence-electron chi connectivity index (χ3n) is 4.96. The van der Waals surface area contributed by atoms with Gasteiger partial charge in [0.1, 0.15) is 5.75 Å². The number of carbonyl (C=O) groups excluding carboxylic acids is 1. The Morgan fingerprint density at radius 2 is 1.90 bits per heavy atom. The highest BCUT2D eigenvalue weighted by Crippen LogP contribution is 2.27. The van der Waals surface area contributed by atoms with Gasteiger partial charge in [-0.15, -0.1) is 16.8 Å². The zero-order valence-corrected chi connectivity index (χ0v) is 18.3. The summed E-state index contributed by atoms with van der Waals surface area (Å²) in [6.45, 7) is 6.42. The van der Waals surface area contributed by atoms with Crippen LogP contribution < -0.4 is 4.74 Å². The van der Waals surface area contributed by atoms with Gasteiger partial charge in [0.2, 0.25) is 5.91 Å². The van der Waals surface area contributed by atoms with Crippen LogP contribution in [0.3, 0.4) is 0 Å². The number of ether oxygens (including phenoxy) is 1. The summed E-state index contributed by atoms with van der Waals surface area (Å²) in [7, 11) is 3.47. The Morgan fingerprint density at radius 3 is 2.53 bits per heavy atom.